The number of halogens is 1. The van der Waals surface area contributed by atoms with Crippen molar-refractivity contribution in [3.05, 3.63) is 53.6 Å². The molecule has 2 fully saturated rings. The number of carbonyl (C=O) groups is 3. The molecular weight excluding hydrogens is 470 g/mol. The lowest BCUT2D eigenvalue weighted by Gasteiger charge is -2.39. The second kappa shape index (κ2) is 11.4. The maximum atomic E-state index is 13.2. The molecule has 3 amide bonds. The van der Waals surface area contributed by atoms with Crippen LogP contribution in [0.5, 0.6) is 5.75 Å². The number of piperazine rings is 2. The third kappa shape index (κ3) is 6.23. The van der Waals surface area contributed by atoms with Crippen molar-refractivity contribution in [1.82, 2.24) is 15.1 Å². The highest BCUT2D eigenvalue weighted by molar-refractivity contribution is 6.30. The van der Waals surface area contributed by atoms with Crippen LogP contribution in [0.25, 0.3) is 0 Å². The molecule has 35 heavy (non-hydrogen) atoms. The number of benzene rings is 2. The highest BCUT2D eigenvalue weighted by Crippen LogP contribution is 2.24. The summed E-state index contributed by atoms with van der Waals surface area (Å²) in [7, 11) is 1.52. The lowest BCUT2D eigenvalue weighted by Crippen LogP contribution is -2.60. The van der Waals surface area contributed by atoms with E-state index in [1.165, 1.54) is 12.0 Å². The number of amides is 3. The molecule has 2 aliphatic heterocycles. The number of methoxy groups -OCH3 is 1. The Labute approximate surface area is 210 Å². The summed E-state index contributed by atoms with van der Waals surface area (Å²) in [4.78, 5) is 44.4. The highest BCUT2D eigenvalue weighted by atomic mass is 35.5. The third-order valence-electron chi connectivity index (χ3n) is 6.33. The van der Waals surface area contributed by atoms with Crippen molar-refractivity contribution >= 4 is 40.7 Å². The van der Waals surface area contributed by atoms with Crippen molar-refractivity contribution in [3.63, 3.8) is 0 Å². The SMILES string of the molecule is COc1ccccc1NC(=O)C[C@@H]1C(=O)NCCN1C(=O)CN1CCN(c2ccc(Cl)cc2)CC1. The van der Waals surface area contributed by atoms with Gasteiger partial charge in [-0.1, -0.05) is 23.7 Å². The van der Waals surface area contributed by atoms with E-state index < -0.39 is 6.04 Å². The van der Waals surface area contributed by atoms with Gasteiger partial charge in [-0.05, 0) is 36.4 Å². The van der Waals surface area contributed by atoms with Gasteiger partial charge in [-0.2, -0.15) is 0 Å². The fraction of sp³-hybridized carbons (Fsp3) is 0.400. The first kappa shape index (κ1) is 24.8. The molecule has 2 aromatic carbocycles. The van der Waals surface area contributed by atoms with Crippen LogP contribution in [0.15, 0.2) is 48.5 Å². The Morgan fingerprint density at radius 1 is 1.06 bits per heavy atom. The fourth-order valence-corrected chi connectivity index (χ4v) is 4.57. The number of rotatable bonds is 7. The number of nitrogens with zero attached hydrogens (tertiary/aromatic N) is 3. The van der Waals surface area contributed by atoms with Crippen LogP contribution in [-0.2, 0) is 14.4 Å². The van der Waals surface area contributed by atoms with Crippen molar-refractivity contribution in [1.29, 1.82) is 0 Å². The van der Waals surface area contributed by atoms with Gasteiger partial charge in [0.25, 0.3) is 0 Å². The van der Waals surface area contributed by atoms with E-state index in [9.17, 15) is 14.4 Å². The summed E-state index contributed by atoms with van der Waals surface area (Å²) in [6.45, 7) is 4.01. The first-order valence-electron chi connectivity index (χ1n) is 11.7. The minimum atomic E-state index is -0.846. The zero-order valence-corrected chi connectivity index (χ0v) is 20.5. The highest BCUT2D eigenvalue weighted by Gasteiger charge is 2.35. The van der Waals surface area contributed by atoms with Gasteiger partial charge in [0.05, 0.1) is 25.8 Å². The monoisotopic (exact) mass is 499 g/mol. The molecule has 4 rings (SSSR count). The third-order valence-corrected chi connectivity index (χ3v) is 6.59. The van der Waals surface area contributed by atoms with Crippen LogP contribution in [0.2, 0.25) is 5.02 Å². The van der Waals surface area contributed by atoms with Crippen molar-refractivity contribution in [2.75, 3.05) is 63.1 Å². The van der Waals surface area contributed by atoms with E-state index >= 15 is 0 Å². The van der Waals surface area contributed by atoms with Gasteiger partial charge in [-0.3, -0.25) is 19.3 Å². The molecule has 2 heterocycles. The molecule has 0 radical (unpaired) electrons. The van der Waals surface area contributed by atoms with Crippen molar-refractivity contribution < 1.29 is 19.1 Å². The zero-order chi connectivity index (χ0) is 24.8. The predicted molar refractivity (Wildman–Crippen MR) is 135 cm³/mol. The van der Waals surface area contributed by atoms with E-state index in [0.29, 0.717) is 29.5 Å². The van der Waals surface area contributed by atoms with Crippen LogP contribution < -0.4 is 20.3 Å². The second-order valence-corrected chi connectivity index (χ2v) is 9.02. The Morgan fingerprint density at radius 3 is 2.49 bits per heavy atom. The molecule has 9 nitrogen and oxygen atoms in total. The summed E-state index contributed by atoms with van der Waals surface area (Å²) >= 11 is 5.98. The quantitative estimate of drug-likeness (QED) is 0.603. The van der Waals surface area contributed by atoms with Gasteiger partial charge >= 0.3 is 0 Å². The number of ether oxygens (including phenoxy) is 1. The molecule has 186 valence electrons. The van der Waals surface area contributed by atoms with Gasteiger partial charge in [0.2, 0.25) is 17.7 Å². The standard InChI is InChI=1S/C25H30ClN5O4/c1-35-22-5-3-2-4-20(22)28-23(32)16-21-25(34)27-10-11-31(21)24(33)17-29-12-14-30(15-13-29)19-8-6-18(26)7-9-19/h2-9,21H,10-17H2,1H3,(H,27,34)(H,28,32)/t21-/m1/s1. The fourth-order valence-electron chi connectivity index (χ4n) is 4.44. The number of nitrogens with one attached hydrogen (secondary N) is 2. The van der Waals surface area contributed by atoms with Crippen molar-refractivity contribution in [2.24, 2.45) is 0 Å². The summed E-state index contributed by atoms with van der Waals surface area (Å²) in [5.74, 6) is -0.284. The number of hydrogen-bond acceptors (Lipinski definition) is 6. The molecule has 0 bridgehead atoms. The molecule has 2 saturated heterocycles. The van der Waals surface area contributed by atoms with Gasteiger partial charge in [-0.15, -0.1) is 0 Å². The number of hydrogen-bond donors (Lipinski definition) is 2. The number of anilines is 2. The maximum absolute atomic E-state index is 13.2. The molecule has 10 heteroatoms. The first-order chi connectivity index (χ1) is 16.9. The average molecular weight is 500 g/mol. The summed E-state index contributed by atoms with van der Waals surface area (Å²) < 4.78 is 5.27. The Balaban J connectivity index is 1.33. The Bertz CT molecular complexity index is 1060. The minimum Gasteiger partial charge on any atom is -0.495 e. The van der Waals surface area contributed by atoms with Gasteiger partial charge in [-0.25, -0.2) is 0 Å². The van der Waals surface area contributed by atoms with Gasteiger partial charge in [0.15, 0.2) is 0 Å². The average Bonchev–Trinajstić information content (AvgIpc) is 2.86. The zero-order valence-electron chi connectivity index (χ0n) is 19.7. The molecule has 0 spiro atoms. The van der Waals surface area contributed by atoms with Crippen molar-refractivity contribution in [2.45, 2.75) is 12.5 Å². The first-order valence-corrected chi connectivity index (χ1v) is 12.1. The largest absolute Gasteiger partial charge is 0.495 e. The molecular formula is C25H30ClN5O4. The lowest BCUT2D eigenvalue weighted by atomic mass is 10.1. The van der Waals surface area contributed by atoms with Crippen LogP contribution in [-0.4, -0.2) is 86.5 Å². The summed E-state index contributed by atoms with van der Waals surface area (Å²) in [6, 6.07) is 14.0. The van der Waals surface area contributed by atoms with E-state index in [0.717, 1.165) is 31.9 Å². The molecule has 0 unspecified atom stereocenters. The van der Waals surface area contributed by atoms with Gasteiger partial charge < -0.3 is 25.2 Å². The van der Waals surface area contributed by atoms with Crippen LogP contribution in [0.1, 0.15) is 6.42 Å². The molecule has 2 aromatic rings. The molecule has 0 aromatic heterocycles. The van der Waals surface area contributed by atoms with E-state index in [1.54, 1.807) is 24.3 Å². The van der Waals surface area contributed by atoms with Crippen molar-refractivity contribution in [3.8, 4) is 5.75 Å². The van der Waals surface area contributed by atoms with Crippen LogP contribution in [0, 0.1) is 0 Å². The molecule has 2 aliphatic rings. The minimum absolute atomic E-state index is 0.125. The Kier molecular flexibility index (Phi) is 8.09. The molecule has 0 aliphatic carbocycles. The van der Waals surface area contributed by atoms with Gasteiger partial charge in [0.1, 0.15) is 11.8 Å². The number of para-hydroxylation sites is 2. The predicted octanol–water partition coefficient (Wildman–Crippen LogP) is 1.83. The summed E-state index contributed by atoms with van der Waals surface area (Å²) in [5, 5.41) is 6.26. The van der Waals surface area contributed by atoms with E-state index in [1.807, 2.05) is 24.3 Å². The summed E-state index contributed by atoms with van der Waals surface area (Å²) in [6.07, 6.45) is -0.125. The normalized spacial score (nSPS) is 18.7. The smallest absolute Gasteiger partial charge is 0.243 e. The topological polar surface area (TPSA) is 94.2 Å². The summed E-state index contributed by atoms with van der Waals surface area (Å²) in [5.41, 5.74) is 1.63. The Hall–Kier alpha value is -3.30. The second-order valence-electron chi connectivity index (χ2n) is 8.59. The molecule has 0 saturated carbocycles. The van der Waals surface area contributed by atoms with Crippen LogP contribution in [0.3, 0.4) is 0 Å². The molecule has 1 atom stereocenters. The van der Waals surface area contributed by atoms with Crippen LogP contribution >= 0.6 is 11.6 Å². The van der Waals surface area contributed by atoms with Crippen LogP contribution in [0.4, 0.5) is 11.4 Å². The van der Waals surface area contributed by atoms with E-state index in [2.05, 4.69) is 20.4 Å². The van der Waals surface area contributed by atoms with E-state index in [4.69, 9.17) is 16.3 Å². The number of carbonyl (C=O) groups excluding carboxylic acids is 3. The van der Waals surface area contributed by atoms with Gasteiger partial charge in [0, 0.05) is 50.0 Å². The maximum Gasteiger partial charge on any atom is 0.243 e. The lowest BCUT2D eigenvalue weighted by molar-refractivity contribution is -0.145. The van der Waals surface area contributed by atoms with E-state index in [-0.39, 0.29) is 30.7 Å². The molecule has 2 N–H and O–H groups in total. The Morgan fingerprint density at radius 2 is 1.77 bits per heavy atom.